The first-order chi connectivity index (χ1) is 14.3. The molecular weight excluding hydrogens is 396 g/mol. The van der Waals surface area contributed by atoms with Crippen LogP contribution >= 0.6 is 0 Å². The van der Waals surface area contributed by atoms with E-state index >= 15 is 0 Å². The number of rotatable bonds is 7. The highest BCUT2D eigenvalue weighted by atomic mass is 16.2. The van der Waals surface area contributed by atoms with E-state index in [1.165, 1.54) is 4.90 Å². The van der Waals surface area contributed by atoms with Crippen LogP contribution in [-0.4, -0.2) is 59.2 Å². The van der Waals surface area contributed by atoms with Gasteiger partial charge in [-0.15, -0.1) is 0 Å². The molecule has 5 amide bonds. The molecule has 0 radical (unpaired) electrons. The number of hydrogen-bond acceptors (Lipinski definition) is 4. The Labute approximate surface area is 184 Å². The highest BCUT2D eigenvalue weighted by Crippen LogP contribution is 2.31. The molecule has 1 unspecified atom stereocenters. The van der Waals surface area contributed by atoms with Crippen molar-refractivity contribution in [2.45, 2.75) is 65.5 Å². The van der Waals surface area contributed by atoms with Crippen molar-refractivity contribution >= 4 is 23.8 Å². The number of urea groups is 1. The Balaban J connectivity index is 2.15. The lowest BCUT2D eigenvalue weighted by Gasteiger charge is -2.25. The van der Waals surface area contributed by atoms with E-state index in [-0.39, 0.29) is 23.9 Å². The number of imide groups is 1. The Morgan fingerprint density at radius 1 is 1.16 bits per heavy atom. The third-order valence-corrected chi connectivity index (χ3v) is 5.42. The molecule has 0 aromatic heterocycles. The molecule has 1 atom stereocenters. The normalized spacial score (nSPS) is 18.9. The van der Waals surface area contributed by atoms with Crippen molar-refractivity contribution in [3.05, 3.63) is 35.4 Å². The topological polar surface area (TPSA) is 98.8 Å². The molecule has 31 heavy (non-hydrogen) atoms. The van der Waals surface area contributed by atoms with E-state index in [0.717, 1.165) is 10.5 Å². The zero-order chi connectivity index (χ0) is 23.6. The number of benzene rings is 1. The van der Waals surface area contributed by atoms with Gasteiger partial charge in [-0.3, -0.25) is 19.3 Å². The van der Waals surface area contributed by atoms with Crippen LogP contribution in [0.2, 0.25) is 0 Å². The van der Waals surface area contributed by atoms with Crippen LogP contribution in [0.1, 0.15) is 59.6 Å². The summed E-state index contributed by atoms with van der Waals surface area (Å²) in [5, 5.41) is 5.45. The summed E-state index contributed by atoms with van der Waals surface area (Å²) in [5.74, 6) is -1.24. The van der Waals surface area contributed by atoms with Crippen LogP contribution in [0, 0.1) is 0 Å². The minimum atomic E-state index is -1.25. The first-order valence-electron chi connectivity index (χ1n) is 10.6. The number of amides is 5. The van der Waals surface area contributed by atoms with Gasteiger partial charge in [0.25, 0.3) is 5.91 Å². The molecular formula is C23H34N4O4. The van der Waals surface area contributed by atoms with Gasteiger partial charge in [0.1, 0.15) is 12.1 Å². The van der Waals surface area contributed by atoms with E-state index < -0.39 is 29.9 Å². The van der Waals surface area contributed by atoms with Gasteiger partial charge in [-0.05, 0) is 44.2 Å². The second-order valence-corrected chi connectivity index (χ2v) is 9.40. The van der Waals surface area contributed by atoms with E-state index in [9.17, 15) is 19.2 Å². The standard InChI is InChI=1S/C23H34N4O4/c1-8-26(13-18(28)24-15(2)3)19(29)14-27-20(30)23(7,25-21(27)31)17-11-9-16(10-12-17)22(4,5)6/h9-12,15H,8,13-14H2,1-7H3,(H,24,28)(H,25,31). The Bertz CT molecular complexity index is 857. The smallest absolute Gasteiger partial charge is 0.325 e. The fourth-order valence-corrected chi connectivity index (χ4v) is 3.49. The third kappa shape index (κ3) is 5.42. The van der Waals surface area contributed by atoms with Gasteiger partial charge in [0.05, 0.1) is 6.54 Å². The van der Waals surface area contributed by atoms with Gasteiger partial charge in [-0.1, -0.05) is 45.0 Å². The van der Waals surface area contributed by atoms with Gasteiger partial charge in [0.15, 0.2) is 0 Å². The molecule has 170 valence electrons. The van der Waals surface area contributed by atoms with E-state index in [1.54, 1.807) is 13.8 Å². The number of hydrogen-bond donors (Lipinski definition) is 2. The van der Waals surface area contributed by atoms with Crippen LogP contribution < -0.4 is 10.6 Å². The molecule has 1 aliphatic rings. The monoisotopic (exact) mass is 430 g/mol. The van der Waals surface area contributed by atoms with Crippen molar-refractivity contribution < 1.29 is 19.2 Å². The quantitative estimate of drug-likeness (QED) is 0.648. The third-order valence-electron chi connectivity index (χ3n) is 5.42. The first kappa shape index (κ1) is 24.4. The van der Waals surface area contributed by atoms with Crippen LogP contribution in [0.25, 0.3) is 0 Å². The van der Waals surface area contributed by atoms with Crippen molar-refractivity contribution in [2.24, 2.45) is 0 Å². The van der Waals surface area contributed by atoms with Gasteiger partial charge >= 0.3 is 6.03 Å². The average molecular weight is 431 g/mol. The summed E-state index contributed by atoms with van der Waals surface area (Å²) in [6.45, 7) is 13.1. The van der Waals surface area contributed by atoms with Crippen molar-refractivity contribution in [1.29, 1.82) is 0 Å². The average Bonchev–Trinajstić information content (AvgIpc) is 2.89. The molecule has 1 aromatic carbocycles. The van der Waals surface area contributed by atoms with Crippen LogP contribution in [0.4, 0.5) is 4.79 Å². The van der Waals surface area contributed by atoms with E-state index in [1.807, 2.05) is 38.1 Å². The Hall–Kier alpha value is -2.90. The van der Waals surface area contributed by atoms with E-state index in [2.05, 4.69) is 31.4 Å². The molecule has 8 nitrogen and oxygen atoms in total. The van der Waals surface area contributed by atoms with Crippen molar-refractivity contribution in [3.63, 3.8) is 0 Å². The number of nitrogens with one attached hydrogen (secondary N) is 2. The van der Waals surface area contributed by atoms with Gasteiger partial charge < -0.3 is 15.5 Å². The lowest BCUT2D eigenvalue weighted by atomic mass is 9.84. The largest absolute Gasteiger partial charge is 0.352 e. The Morgan fingerprint density at radius 2 is 1.74 bits per heavy atom. The van der Waals surface area contributed by atoms with Crippen molar-refractivity contribution in [3.8, 4) is 0 Å². The Morgan fingerprint density at radius 3 is 2.23 bits per heavy atom. The molecule has 0 spiro atoms. The summed E-state index contributed by atoms with van der Waals surface area (Å²) in [4.78, 5) is 52.7. The Kier molecular flexibility index (Phi) is 7.14. The van der Waals surface area contributed by atoms with Crippen molar-refractivity contribution in [1.82, 2.24) is 20.4 Å². The second-order valence-electron chi connectivity index (χ2n) is 9.40. The first-order valence-corrected chi connectivity index (χ1v) is 10.6. The van der Waals surface area contributed by atoms with Crippen LogP contribution in [-0.2, 0) is 25.3 Å². The van der Waals surface area contributed by atoms with Crippen LogP contribution in [0.3, 0.4) is 0 Å². The van der Waals surface area contributed by atoms with Gasteiger partial charge in [0, 0.05) is 12.6 Å². The highest BCUT2D eigenvalue weighted by molar-refractivity contribution is 6.09. The second kappa shape index (κ2) is 9.08. The lowest BCUT2D eigenvalue weighted by molar-refractivity contribution is -0.140. The van der Waals surface area contributed by atoms with E-state index in [0.29, 0.717) is 12.1 Å². The molecule has 2 N–H and O–H groups in total. The maximum atomic E-state index is 13.1. The predicted octanol–water partition coefficient (Wildman–Crippen LogP) is 2.12. The molecule has 0 saturated carbocycles. The summed E-state index contributed by atoms with van der Waals surface area (Å²) in [7, 11) is 0. The van der Waals surface area contributed by atoms with Gasteiger partial charge in [-0.2, -0.15) is 0 Å². The molecule has 1 aliphatic heterocycles. The van der Waals surface area contributed by atoms with E-state index in [4.69, 9.17) is 0 Å². The maximum absolute atomic E-state index is 13.1. The SMILES string of the molecule is CCN(CC(=O)NC(C)C)C(=O)CN1C(=O)NC(C)(c2ccc(C(C)(C)C)cc2)C1=O. The van der Waals surface area contributed by atoms with Crippen LogP contribution in [0.15, 0.2) is 24.3 Å². The summed E-state index contributed by atoms with van der Waals surface area (Å²) < 4.78 is 0. The van der Waals surface area contributed by atoms with Gasteiger partial charge in [-0.25, -0.2) is 4.79 Å². The molecule has 1 fully saturated rings. The molecule has 2 rings (SSSR count). The van der Waals surface area contributed by atoms with Crippen molar-refractivity contribution in [2.75, 3.05) is 19.6 Å². The lowest BCUT2D eigenvalue weighted by Crippen LogP contribution is -2.48. The minimum Gasteiger partial charge on any atom is -0.352 e. The number of likely N-dealkylation sites (N-methyl/N-ethyl adjacent to an activating group) is 1. The molecule has 0 bridgehead atoms. The molecule has 1 saturated heterocycles. The fourth-order valence-electron chi connectivity index (χ4n) is 3.49. The minimum absolute atomic E-state index is 0.0354. The maximum Gasteiger partial charge on any atom is 0.325 e. The number of carbonyl (C=O) groups excluding carboxylic acids is 4. The van der Waals surface area contributed by atoms with Gasteiger partial charge in [0.2, 0.25) is 11.8 Å². The zero-order valence-corrected chi connectivity index (χ0v) is 19.5. The molecule has 8 heteroatoms. The highest BCUT2D eigenvalue weighted by Gasteiger charge is 2.49. The predicted molar refractivity (Wildman–Crippen MR) is 118 cm³/mol. The summed E-state index contributed by atoms with van der Waals surface area (Å²) >= 11 is 0. The zero-order valence-electron chi connectivity index (χ0n) is 19.5. The molecule has 1 aromatic rings. The summed E-state index contributed by atoms with van der Waals surface area (Å²) in [6.07, 6.45) is 0. The number of nitrogens with zero attached hydrogens (tertiary/aromatic N) is 2. The van der Waals surface area contributed by atoms with Crippen LogP contribution in [0.5, 0.6) is 0 Å². The summed E-state index contributed by atoms with van der Waals surface area (Å²) in [6, 6.07) is 6.89. The molecule has 0 aliphatic carbocycles. The number of carbonyl (C=O) groups is 4. The fraction of sp³-hybridized carbons (Fsp3) is 0.565. The summed E-state index contributed by atoms with van der Waals surface area (Å²) in [5.41, 5.74) is 0.478. The molecule has 1 heterocycles.